The van der Waals surface area contributed by atoms with Crippen molar-refractivity contribution in [2.75, 3.05) is 38.5 Å². The van der Waals surface area contributed by atoms with Gasteiger partial charge in [0.2, 0.25) is 0 Å². The zero-order chi connectivity index (χ0) is 15.6. The Labute approximate surface area is 142 Å². The number of nitrogens with one attached hydrogen (secondary N) is 2. The van der Waals surface area contributed by atoms with Gasteiger partial charge in [-0.2, -0.15) is 0 Å². The Bertz CT molecular complexity index is 559. The van der Waals surface area contributed by atoms with Crippen LogP contribution in [0.5, 0.6) is 0 Å². The summed E-state index contributed by atoms with van der Waals surface area (Å²) in [5.74, 6) is 0.434. The molecule has 0 aliphatic heterocycles. The number of nitrogen functional groups attached to an aromatic ring is 1. The molecule has 0 unspecified atom stereocenters. The number of imidazole rings is 1. The first-order valence-corrected chi connectivity index (χ1v) is 7.85. The monoisotopic (exact) mass is 342 g/mol. The highest BCUT2D eigenvalue weighted by atomic mass is 35.5. The molecule has 0 saturated carbocycles. The lowest BCUT2D eigenvalue weighted by atomic mass is 10.3. The van der Waals surface area contributed by atoms with Gasteiger partial charge in [0.25, 0.3) is 0 Å². The molecular formula is C14H27ClN8. The highest BCUT2D eigenvalue weighted by molar-refractivity contribution is 5.85. The number of rotatable bonds is 11. The molecule has 0 bridgehead atoms. The van der Waals surface area contributed by atoms with E-state index < -0.39 is 0 Å². The van der Waals surface area contributed by atoms with Gasteiger partial charge in [-0.05, 0) is 52.0 Å². The van der Waals surface area contributed by atoms with E-state index in [0.717, 1.165) is 64.2 Å². The lowest BCUT2D eigenvalue weighted by Crippen LogP contribution is -2.24. The minimum atomic E-state index is 0. The van der Waals surface area contributed by atoms with Crippen molar-refractivity contribution in [2.24, 2.45) is 5.73 Å². The van der Waals surface area contributed by atoms with Gasteiger partial charge in [-0.3, -0.25) is 0 Å². The molecule has 6 N–H and O–H groups in total. The molecule has 2 aromatic rings. The Morgan fingerprint density at radius 2 is 1.65 bits per heavy atom. The lowest BCUT2D eigenvalue weighted by molar-refractivity contribution is 0.555. The first-order valence-electron chi connectivity index (χ1n) is 7.85. The molecule has 0 fully saturated rings. The second kappa shape index (κ2) is 11.1. The summed E-state index contributed by atoms with van der Waals surface area (Å²) in [6, 6.07) is 0. The molecule has 0 saturated heterocycles. The van der Waals surface area contributed by atoms with E-state index in [1.807, 2.05) is 4.57 Å². The van der Waals surface area contributed by atoms with Crippen LogP contribution < -0.4 is 22.1 Å². The van der Waals surface area contributed by atoms with Gasteiger partial charge in [-0.15, -0.1) is 12.4 Å². The number of anilines is 1. The second-order valence-electron chi connectivity index (χ2n) is 5.22. The molecular weight excluding hydrogens is 316 g/mol. The van der Waals surface area contributed by atoms with Crippen LogP contribution in [0.4, 0.5) is 5.82 Å². The van der Waals surface area contributed by atoms with E-state index in [1.165, 1.54) is 6.33 Å². The highest BCUT2D eigenvalue weighted by Gasteiger charge is 2.06. The van der Waals surface area contributed by atoms with Crippen molar-refractivity contribution in [3.05, 3.63) is 12.7 Å². The maximum absolute atomic E-state index is 5.77. The van der Waals surface area contributed by atoms with Crippen molar-refractivity contribution in [2.45, 2.75) is 25.8 Å². The maximum Gasteiger partial charge on any atom is 0.165 e. The number of halogens is 1. The number of nitrogens with zero attached hydrogens (tertiary/aromatic N) is 4. The summed E-state index contributed by atoms with van der Waals surface area (Å²) in [6.07, 6.45) is 6.45. The molecule has 0 aromatic carbocycles. The Hall–Kier alpha value is -1.48. The molecule has 0 amide bonds. The summed E-state index contributed by atoms with van der Waals surface area (Å²) < 4.78 is 2.02. The molecule has 8 nitrogen and oxygen atoms in total. The van der Waals surface area contributed by atoms with E-state index in [9.17, 15) is 0 Å². The van der Waals surface area contributed by atoms with Crippen molar-refractivity contribution in [3.63, 3.8) is 0 Å². The van der Waals surface area contributed by atoms with Gasteiger partial charge in [0.05, 0.1) is 6.33 Å². The number of nitrogens with two attached hydrogens (primary N) is 2. The first-order chi connectivity index (χ1) is 10.8. The SMILES string of the molecule is Cl.NCCCNCCCNCCCn1cnc2c(N)ncnc21. The Balaban J connectivity index is 0.00000264. The van der Waals surface area contributed by atoms with Crippen LogP contribution in [0, 0.1) is 0 Å². The molecule has 0 aliphatic rings. The average molecular weight is 343 g/mol. The van der Waals surface area contributed by atoms with Crippen LogP contribution >= 0.6 is 12.4 Å². The number of hydrogen-bond donors (Lipinski definition) is 4. The molecule has 0 aliphatic carbocycles. The summed E-state index contributed by atoms with van der Waals surface area (Å²) >= 11 is 0. The zero-order valence-electron chi connectivity index (χ0n) is 13.4. The Kier molecular flexibility index (Phi) is 9.46. The average Bonchev–Trinajstić information content (AvgIpc) is 2.94. The van der Waals surface area contributed by atoms with E-state index in [4.69, 9.17) is 11.5 Å². The van der Waals surface area contributed by atoms with Crippen LogP contribution in [0.15, 0.2) is 12.7 Å². The van der Waals surface area contributed by atoms with Gasteiger partial charge in [0.1, 0.15) is 11.8 Å². The Morgan fingerprint density at radius 3 is 2.39 bits per heavy atom. The molecule has 0 radical (unpaired) electrons. The fourth-order valence-corrected chi connectivity index (χ4v) is 2.25. The van der Waals surface area contributed by atoms with Gasteiger partial charge in [-0.25, -0.2) is 15.0 Å². The van der Waals surface area contributed by atoms with Crippen LogP contribution in [0.25, 0.3) is 11.2 Å². The predicted molar refractivity (Wildman–Crippen MR) is 95.6 cm³/mol. The topological polar surface area (TPSA) is 120 Å². The fraction of sp³-hybridized carbons (Fsp3) is 0.643. The summed E-state index contributed by atoms with van der Waals surface area (Å²) in [6.45, 7) is 5.67. The number of fused-ring (bicyclic) bond motifs is 1. The third-order valence-electron chi connectivity index (χ3n) is 3.45. The number of aryl methyl sites for hydroxylation is 1. The van der Waals surface area contributed by atoms with E-state index in [-0.39, 0.29) is 12.4 Å². The predicted octanol–water partition coefficient (Wildman–Crippen LogP) is 0.139. The van der Waals surface area contributed by atoms with Crippen LogP contribution in [-0.2, 0) is 6.54 Å². The number of hydrogen-bond acceptors (Lipinski definition) is 7. The van der Waals surface area contributed by atoms with Gasteiger partial charge in [0.15, 0.2) is 11.5 Å². The maximum atomic E-state index is 5.77. The Morgan fingerprint density at radius 1 is 0.957 bits per heavy atom. The standard InChI is InChI=1S/C14H26N8.ClH/c15-4-1-5-17-6-2-7-18-8-3-9-22-11-21-12-13(16)19-10-20-14(12)22;/h10-11,17-18H,1-9,15H2,(H2,16,19,20);1H. The largest absolute Gasteiger partial charge is 0.382 e. The van der Waals surface area contributed by atoms with Gasteiger partial charge in [0, 0.05) is 6.54 Å². The third-order valence-corrected chi connectivity index (χ3v) is 3.45. The minimum absolute atomic E-state index is 0. The quantitative estimate of drug-likeness (QED) is 0.429. The minimum Gasteiger partial charge on any atom is -0.382 e. The zero-order valence-corrected chi connectivity index (χ0v) is 14.2. The van der Waals surface area contributed by atoms with E-state index >= 15 is 0 Å². The normalized spacial score (nSPS) is 10.8. The van der Waals surface area contributed by atoms with E-state index in [0.29, 0.717) is 11.3 Å². The van der Waals surface area contributed by atoms with Crippen molar-refractivity contribution < 1.29 is 0 Å². The summed E-state index contributed by atoms with van der Waals surface area (Å²) in [5, 5.41) is 6.81. The van der Waals surface area contributed by atoms with Gasteiger partial charge >= 0.3 is 0 Å². The fourth-order valence-electron chi connectivity index (χ4n) is 2.25. The first kappa shape index (κ1) is 19.6. The lowest BCUT2D eigenvalue weighted by Gasteiger charge is -2.07. The highest BCUT2D eigenvalue weighted by Crippen LogP contribution is 2.14. The van der Waals surface area contributed by atoms with Crippen LogP contribution in [-0.4, -0.2) is 52.2 Å². The van der Waals surface area contributed by atoms with Crippen LogP contribution in [0.2, 0.25) is 0 Å². The van der Waals surface area contributed by atoms with Gasteiger partial charge < -0.3 is 26.7 Å². The molecule has 130 valence electrons. The molecule has 2 aromatic heterocycles. The molecule has 9 heteroatoms. The summed E-state index contributed by atoms with van der Waals surface area (Å²) in [5.41, 5.74) is 12.7. The number of aromatic nitrogens is 4. The summed E-state index contributed by atoms with van der Waals surface area (Å²) in [4.78, 5) is 12.4. The molecule has 23 heavy (non-hydrogen) atoms. The van der Waals surface area contributed by atoms with Crippen LogP contribution in [0.3, 0.4) is 0 Å². The van der Waals surface area contributed by atoms with Crippen molar-refractivity contribution >= 4 is 29.4 Å². The smallest absolute Gasteiger partial charge is 0.165 e. The van der Waals surface area contributed by atoms with Crippen molar-refractivity contribution in [1.82, 2.24) is 30.2 Å². The second-order valence-corrected chi connectivity index (χ2v) is 5.22. The molecule has 0 spiro atoms. The molecule has 0 atom stereocenters. The third kappa shape index (κ3) is 6.26. The van der Waals surface area contributed by atoms with Crippen molar-refractivity contribution in [3.8, 4) is 0 Å². The summed E-state index contributed by atoms with van der Waals surface area (Å²) in [7, 11) is 0. The van der Waals surface area contributed by atoms with Crippen LogP contribution in [0.1, 0.15) is 19.3 Å². The molecule has 2 heterocycles. The van der Waals surface area contributed by atoms with Crippen molar-refractivity contribution in [1.29, 1.82) is 0 Å². The van der Waals surface area contributed by atoms with E-state index in [2.05, 4.69) is 25.6 Å². The van der Waals surface area contributed by atoms with E-state index in [1.54, 1.807) is 6.33 Å². The molecule has 2 rings (SSSR count). The van der Waals surface area contributed by atoms with Gasteiger partial charge in [-0.1, -0.05) is 0 Å².